The average molecular weight is 757 g/mol. The molecule has 1 spiro atoms. The Morgan fingerprint density at radius 3 is 1.40 bits per heavy atom. The molecule has 9 aromatic carbocycles. The number of benzene rings is 9. The Morgan fingerprint density at radius 2 is 0.828 bits per heavy atom. The summed E-state index contributed by atoms with van der Waals surface area (Å²) in [5.41, 5.74) is 18.3. The molecule has 0 radical (unpaired) electrons. The van der Waals surface area contributed by atoms with Crippen LogP contribution in [-0.2, 0) is 5.41 Å². The van der Waals surface area contributed by atoms with Crippen LogP contribution in [-0.4, -0.2) is 9.52 Å². The van der Waals surface area contributed by atoms with Crippen molar-refractivity contribution < 1.29 is 0 Å². The van der Waals surface area contributed by atoms with E-state index in [1.165, 1.54) is 113 Å². The highest BCUT2D eigenvalue weighted by Gasteiger charge is 2.50. The Morgan fingerprint density at radius 1 is 0.345 bits per heavy atom. The van der Waals surface area contributed by atoms with Gasteiger partial charge in [-0.05, 0) is 141 Å². The fourth-order valence-electron chi connectivity index (χ4n) is 10.1. The maximum atomic E-state index is 2.52. The first kappa shape index (κ1) is 33.2. The summed E-state index contributed by atoms with van der Waals surface area (Å²) in [7, 11) is -0.687. The topological polar surface area (TPSA) is 6.48 Å². The van der Waals surface area contributed by atoms with Crippen molar-refractivity contribution in [1.82, 2.24) is 0 Å². The highest BCUT2D eigenvalue weighted by atomic mass is 28.2. The highest BCUT2D eigenvalue weighted by molar-refractivity contribution is 6.73. The summed E-state index contributed by atoms with van der Waals surface area (Å²) in [5, 5.41) is 5.86. The Kier molecular flexibility index (Phi) is 7.48. The van der Waals surface area contributed by atoms with E-state index in [-0.39, 0.29) is 5.41 Å². The average Bonchev–Trinajstić information content (AvgIpc) is 4.01. The van der Waals surface area contributed by atoms with Crippen molar-refractivity contribution in [3.8, 4) is 33.4 Å². The number of fused-ring (bicyclic) bond motifs is 7. The molecule has 0 saturated heterocycles. The Labute approximate surface area is 342 Å². The maximum absolute atomic E-state index is 2.52. The van der Waals surface area contributed by atoms with Gasteiger partial charge in [0.2, 0.25) is 0 Å². The fourth-order valence-corrected chi connectivity index (χ4v) is 12.1. The third-order valence-electron chi connectivity index (χ3n) is 12.9. The summed E-state index contributed by atoms with van der Waals surface area (Å²) >= 11 is 0. The molecular formula is C55H40N2Si. The monoisotopic (exact) mass is 756 g/mol. The molecule has 9 aromatic rings. The van der Waals surface area contributed by atoms with E-state index in [1.807, 2.05) is 0 Å². The van der Waals surface area contributed by atoms with Crippen molar-refractivity contribution in [1.29, 1.82) is 0 Å². The minimum atomic E-state index is -0.687. The van der Waals surface area contributed by atoms with Gasteiger partial charge in [-0.15, -0.1) is 0 Å². The number of para-hydroxylation sites is 4. The zero-order valence-corrected chi connectivity index (χ0v) is 33.6. The van der Waals surface area contributed by atoms with Gasteiger partial charge in [0, 0.05) is 39.5 Å². The SMILES string of the molecule is c1ccc(N(c2ccccc2)c2ccc3c(c2)[SiH2]c2cc(-c4ccc5c6c(cccc46)C4(CC4)c4cc(N(c6ccccc6)c6ccccc6)ccc4-5)ccc2-3)cc1. The molecule has 2 nitrogen and oxygen atoms in total. The molecule has 1 heterocycles. The van der Waals surface area contributed by atoms with Gasteiger partial charge in [-0.2, -0.15) is 0 Å². The minimum Gasteiger partial charge on any atom is -0.311 e. The Bertz CT molecular complexity index is 2950. The molecule has 1 saturated carbocycles. The summed E-state index contributed by atoms with van der Waals surface area (Å²) in [6.45, 7) is 0. The van der Waals surface area contributed by atoms with Gasteiger partial charge in [-0.1, -0.05) is 144 Å². The van der Waals surface area contributed by atoms with E-state index in [0.717, 1.165) is 0 Å². The van der Waals surface area contributed by atoms with Crippen LogP contribution < -0.4 is 20.2 Å². The number of hydrogen-bond donors (Lipinski definition) is 0. The van der Waals surface area contributed by atoms with Crippen LogP contribution in [0.1, 0.15) is 24.0 Å². The first-order valence-corrected chi connectivity index (χ1v) is 21.9. The molecule has 12 rings (SSSR count). The van der Waals surface area contributed by atoms with Gasteiger partial charge < -0.3 is 9.80 Å². The molecule has 3 aliphatic rings. The zero-order chi connectivity index (χ0) is 38.2. The lowest BCUT2D eigenvalue weighted by Gasteiger charge is -2.32. The van der Waals surface area contributed by atoms with E-state index in [9.17, 15) is 0 Å². The molecule has 58 heavy (non-hydrogen) atoms. The quantitative estimate of drug-likeness (QED) is 0.149. The molecule has 0 N–H and O–H groups in total. The Balaban J connectivity index is 0.926. The van der Waals surface area contributed by atoms with Crippen molar-refractivity contribution in [2.45, 2.75) is 18.3 Å². The van der Waals surface area contributed by atoms with Crippen LogP contribution in [0.25, 0.3) is 44.2 Å². The first-order chi connectivity index (χ1) is 28.7. The van der Waals surface area contributed by atoms with Crippen LogP contribution in [0, 0.1) is 0 Å². The second-order valence-corrected chi connectivity index (χ2v) is 18.0. The smallest absolute Gasteiger partial charge is 0.0892 e. The van der Waals surface area contributed by atoms with E-state index in [1.54, 1.807) is 0 Å². The van der Waals surface area contributed by atoms with E-state index in [2.05, 4.69) is 216 Å². The van der Waals surface area contributed by atoms with Crippen molar-refractivity contribution in [2.24, 2.45) is 0 Å². The molecule has 0 bridgehead atoms. The third-order valence-corrected chi connectivity index (χ3v) is 14.8. The second kappa shape index (κ2) is 13.1. The maximum Gasteiger partial charge on any atom is 0.0892 e. The molecule has 0 amide bonds. The summed E-state index contributed by atoms with van der Waals surface area (Å²) in [6, 6.07) is 76.6. The van der Waals surface area contributed by atoms with Gasteiger partial charge in [0.1, 0.15) is 0 Å². The van der Waals surface area contributed by atoms with Gasteiger partial charge >= 0.3 is 0 Å². The van der Waals surface area contributed by atoms with Crippen LogP contribution in [0.2, 0.25) is 0 Å². The number of anilines is 6. The lowest BCUT2D eigenvalue weighted by Crippen LogP contribution is -2.22. The summed E-state index contributed by atoms with van der Waals surface area (Å²) in [4.78, 5) is 4.78. The summed E-state index contributed by atoms with van der Waals surface area (Å²) in [6.07, 6.45) is 2.36. The van der Waals surface area contributed by atoms with Crippen LogP contribution in [0.4, 0.5) is 34.1 Å². The largest absolute Gasteiger partial charge is 0.311 e. The van der Waals surface area contributed by atoms with Crippen LogP contribution in [0.3, 0.4) is 0 Å². The predicted molar refractivity (Wildman–Crippen MR) is 247 cm³/mol. The molecule has 2 aliphatic carbocycles. The van der Waals surface area contributed by atoms with E-state index in [4.69, 9.17) is 0 Å². The zero-order valence-electron chi connectivity index (χ0n) is 32.1. The van der Waals surface area contributed by atoms with Crippen molar-refractivity contribution in [3.05, 3.63) is 217 Å². The highest BCUT2D eigenvalue weighted by Crippen LogP contribution is 2.62. The van der Waals surface area contributed by atoms with Crippen molar-refractivity contribution in [2.75, 3.05) is 9.80 Å². The lowest BCUT2D eigenvalue weighted by molar-refractivity contribution is 0.853. The molecule has 274 valence electrons. The number of nitrogens with zero attached hydrogens (tertiary/aromatic N) is 2. The second-order valence-electron chi connectivity index (χ2n) is 16.1. The first-order valence-electron chi connectivity index (χ1n) is 20.5. The third kappa shape index (κ3) is 5.17. The summed E-state index contributed by atoms with van der Waals surface area (Å²) in [5.74, 6) is 0. The number of hydrogen-bond acceptors (Lipinski definition) is 2. The van der Waals surface area contributed by atoms with Gasteiger partial charge in [-0.3, -0.25) is 0 Å². The fraction of sp³-hybridized carbons (Fsp3) is 0.0545. The van der Waals surface area contributed by atoms with Gasteiger partial charge in [-0.25, -0.2) is 0 Å². The normalized spacial score (nSPS) is 14.2. The molecule has 0 unspecified atom stereocenters. The van der Waals surface area contributed by atoms with Crippen LogP contribution in [0.5, 0.6) is 0 Å². The number of rotatable bonds is 7. The van der Waals surface area contributed by atoms with Crippen molar-refractivity contribution >= 4 is 64.8 Å². The Hall–Kier alpha value is -6.94. The van der Waals surface area contributed by atoms with E-state index >= 15 is 0 Å². The van der Waals surface area contributed by atoms with E-state index in [0.29, 0.717) is 0 Å². The van der Waals surface area contributed by atoms with Crippen LogP contribution >= 0.6 is 0 Å². The predicted octanol–water partition coefficient (Wildman–Crippen LogP) is 12.6. The summed E-state index contributed by atoms with van der Waals surface area (Å²) < 4.78 is 0. The van der Waals surface area contributed by atoms with Gasteiger partial charge in [0.05, 0.1) is 9.52 Å². The standard InChI is InChI=1S/C55H40N2Si/c1-5-14-38(15-6-1)56(39-16-7-2-8-17-39)42-25-28-45-49-31-30-44(48-22-13-23-50(54(48)49)55(32-33-55)51(45)35-42)37-24-27-46-47-29-26-43(36-53(47)58-52(46)34-37)57(40-18-9-3-10-19-40)41-20-11-4-12-21-41/h1-31,34-36H,32-33,58H2. The minimum absolute atomic E-state index is 0.0487. The molecule has 1 fully saturated rings. The molecule has 0 aromatic heterocycles. The molecular weight excluding hydrogens is 717 g/mol. The van der Waals surface area contributed by atoms with E-state index < -0.39 is 9.52 Å². The lowest BCUT2D eigenvalue weighted by atomic mass is 9.73. The van der Waals surface area contributed by atoms with Gasteiger partial charge in [0.25, 0.3) is 0 Å². The van der Waals surface area contributed by atoms with Gasteiger partial charge in [0.15, 0.2) is 0 Å². The van der Waals surface area contributed by atoms with Crippen LogP contribution in [0.15, 0.2) is 206 Å². The van der Waals surface area contributed by atoms with Crippen molar-refractivity contribution in [3.63, 3.8) is 0 Å². The molecule has 1 aliphatic heterocycles. The molecule has 3 heteroatoms. The molecule has 0 atom stereocenters.